The van der Waals surface area contributed by atoms with E-state index in [0.717, 1.165) is 0 Å². The van der Waals surface area contributed by atoms with Gasteiger partial charge in [0.15, 0.2) is 0 Å². The molecule has 6 heterocycles. The fourth-order valence-corrected chi connectivity index (χ4v) is 4.34. The van der Waals surface area contributed by atoms with E-state index in [4.69, 9.17) is 18.9 Å². The zero-order chi connectivity index (χ0) is 14.8. The molecule has 4 fully saturated rings. The number of hydrogen-bond donors (Lipinski definition) is 0. The lowest BCUT2D eigenvalue weighted by Crippen LogP contribution is -2.24. The molecule has 0 amide bonds. The summed E-state index contributed by atoms with van der Waals surface area (Å²) in [6, 6.07) is 0. The SMILES string of the molecule is O=C1OC[C@@H]2[C@H]1[C@H]1C=C[C@@H]2O1.O=C1OC[C@H]2[C@@H]1[C@@H]1C=C[C@H]2O1. The molecular weight excluding hydrogens is 288 g/mol. The van der Waals surface area contributed by atoms with Crippen molar-refractivity contribution in [1.29, 1.82) is 0 Å². The first-order valence-corrected chi connectivity index (χ1v) is 7.73. The molecule has 4 bridgehead atoms. The number of carbonyl (C=O) groups is 2. The molecule has 0 aromatic rings. The molecule has 0 saturated carbocycles. The van der Waals surface area contributed by atoms with Crippen molar-refractivity contribution in [3.63, 3.8) is 0 Å². The average Bonchev–Trinajstić information content (AvgIpc) is 3.30. The van der Waals surface area contributed by atoms with Crippen LogP contribution in [-0.2, 0) is 28.5 Å². The third-order valence-corrected chi connectivity index (χ3v) is 5.46. The summed E-state index contributed by atoms with van der Waals surface area (Å²) in [7, 11) is 0. The van der Waals surface area contributed by atoms with Gasteiger partial charge in [-0.3, -0.25) is 9.59 Å². The molecule has 8 atom stereocenters. The lowest BCUT2D eigenvalue weighted by atomic mass is 9.86. The molecule has 6 heteroatoms. The van der Waals surface area contributed by atoms with Crippen molar-refractivity contribution in [2.24, 2.45) is 23.7 Å². The van der Waals surface area contributed by atoms with Crippen LogP contribution in [0.3, 0.4) is 0 Å². The highest BCUT2D eigenvalue weighted by molar-refractivity contribution is 5.77. The zero-order valence-corrected chi connectivity index (χ0v) is 11.8. The van der Waals surface area contributed by atoms with Gasteiger partial charge in [0.05, 0.1) is 49.5 Å². The van der Waals surface area contributed by atoms with Crippen molar-refractivity contribution >= 4 is 11.9 Å². The van der Waals surface area contributed by atoms with Gasteiger partial charge in [0.2, 0.25) is 0 Å². The number of rotatable bonds is 0. The third-order valence-electron chi connectivity index (χ3n) is 5.46. The Morgan fingerprint density at radius 3 is 1.50 bits per heavy atom. The van der Waals surface area contributed by atoms with Crippen LogP contribution in [0.4, 0.5) is 0 Å². The van der Waals surface area contributed by atoms with E-state index in [-0.39, 0.29) is 48.2 Å². The Labute approximate surface area is 127 Å². The van der Waals surface area contributed by atoms with Crippen LogP contribution in [0.2, 0.25) is 0 Å². The van der Waals surface area contributed by atoms with E-state index < -0.39 is 0 Å². The molecule has 4 saturated heterocycles. The van der Waals surface area contributed by atoms with Gasteiger partial charge < -0.3 is 18.9 Å². The zero-order valence-electron chi connectivity index (χ0n) is 11.8. The summed E-state index contributed by atoms with van der Waals surface area (Å²) in [5.41, 5.74) is 0. The molecule has 6 nitrogen and oxygen atoms in total. The first kappa shape index (κ1) is 12.8. The van der Waals surface area contributed by atoms with Gasteiger partial charge in [-0.15, -0.1) is 0 Å². The molecule has 6 aliphatic rings. The van der Waals surface area contributed by atoms with Gasteiger partial charge in [0.1, 0.15) is 0 Å². The third kappa shape index (κ3) is 1.62. The maximum atomic E-state index is 11.1. The predicted octanol–water partition coefficient (Wildman–Crippen LogP) is 0.226. The van der Waals surface area contributed by atoms with Crippen molar-refractivity contribution in [3.05, 3.63) is 24.3 Å². The lowest BCUT2D eigenvalue weighted by molar-refractivity contribution is -0.144. The molecule has 22 heavy (non-hydrogen) atoms. The molecular formula is C16H16O6. The van der Waals surface area contributed by atoms with Crippen LogP contribution in [0, 0.1) is 23.7 Å². The highest BCUT2D eigenvalue weighted by atomic mass is 16.6. The number of ether oxygens (including phenoxy) is 4. The Morgan fingerprint density at radius 2 is 1.09 bits per heavy atom. The minimum atomic E-state index is -0.0770. The van der Waals surface area contributed by atoms with E-state index in [9.17, 15) is 9.59 Å². The Hall–Kier alpha value is -1.66. The van der Waals surface area contributed by atoms with E-state index in [1.165, 1.54) is 0 Å². The highest BCUT2D eigenvalue weighted by Crippen LogP contribution is 2.43. The molecule has 0 N–H and O–H groups in total. The second kappa shape index (κ2) is 4.43. The summed E-state index contributed by atoms with van der Waals surface area (Å²) in [4.78, 5) is 22.2. The Bertz CT molecular complexity index is 543. The van der Waals surface area contributed by atoms with Crippen LogP contribution in [0.15, 0.2) is 24.3 Å². The topological polar surface area (TPSA) is 71.1 Å². The molecule has 0 aromatic carbocycles. The smallest absolute Gasteiger partial charge is 0.312 e. The summed E-state index contributed by atoms with van der Waals surface area (Å²) in [6.07, 6.45) is 8.34. The lowest BCUT2D eigenvalue weighted by Gasteiger charge is -2.09. The minimum Gasteiger partial charge on any atom is -0.465 e. The number of carbonyl (C=O) groups excluding carboxylic acids is 2. The van der Waals surface area contributed by atoms with E-state index in [1.807, 2.05) is 24.3 Å². The largest absolute Gasteiger partial charge is 0.465 e. The van der Waals surface area contributed by atoms with Crippen LogP contribution >= 0.6 is 0 Å². The summed E-state index contributed by atoms with van der Waals surface area (Å²) >= 11 is 0. The number of esters is 2. The maximum Gasteiger partial charge on any atom is 0.312 e. The van der Waals surface area contributed by atoms with E-state index in [1.54, 1.807) is 0 Å². The summed E-state index contributed by atoms with van der Waals surface area (Å²) < 4.78 is 20.9. The van der Waals surface area contributed by atoms with Crippen molar-refractivity contribution in [2.75, 3.05) is 13.2 Å². The quantitative estimate of drug-likeness (QED) is 0.471. The van der Waals surface area contributed by atoms with Gasteiger partial charge in [0, 0.05) is 11.8 Å². The highest BCUT2D eigenvalue weighted by Gasteiger charge is 2.55. The monoisotopic (exact) mass is 304 g/mol. The van der Waals surface area contributed by atoms with Crippen molar-refractivity contribution in [3.8, 4) is 0 Å². The number of cyclic esters (lactones) is 2. The van der Waals surface area contributed by atoms with Gasteiger partial charge in [-0.25, -0.2) is 0 Å². The Kier molecular flexibility index (Phi) is 2.58. The molecule has 0 aliphatic carbocycles. The van der Waals surface area contributed by atoms with Crippen LogP contribution in [-0.4, -0.2) is 49.6 Å². The predicted molar refractivity (Wildman–Crippen MR) is 71.5 cm³/mol. The molecule has 116 valence electrons. The van der Waals surface area contributed by atoms with Gasteiger partial charge in [0.25, 0.3) is 0 Å². The fourth-order valence-electron chi connectivity index (χ4n) is 4.34. The van der Waals surface area contributed by atoms with Crippen LogP contribution < -0.4 is 0 Å². The molecule has 0 spiro atoms. The van der Waals surface area contributed by atoms with E-state index in [2.05, 4.69) is 0 Å². The fraction of sp³-hybridized carbons (Fsp3) is 0.625. The number of hydrogen-bond acceptors (Lipinski definition) is 6. The average molecular weight is 304 g/mol. The molecule has 6 rings (SSSR count). The minimum absolute atomic E-state index is 0.00463. The van der Waals surface area contributed by atoms with Crippen molar-refractivity contribution < 1.29 is 28.5 Å². The van der Waals surface area contributed by atoms with Crippen LogP contribution in [0.25, 0.3) is 0 Å². The molecule has 0 radical (unpaired) electrons. The molecule has 6 aliphatic heterocycles. The summed E-state index contributed by atoms with van der Waals surface area (Å²) in [5.74, 6) is 0.462. The summed E-state index contributed by atoms with van der Waals surface area (Å²) in [5, 5.41) is 0. The normalized spacial score (nSPS) is 51.5. The van der Waals surface area contributed by atoms with Gasteiger partial charge in [-0.2, -0.15) is 0 Å². The maximum absolute atomic E-state index is 11.1. The van der Waals surface area contributed by atoms with Gasteiger partial charge in [-0.05, 0) is 0 Å². The second-order valence-corrected chi connectivity index (χ2v) is 6.54. The second-order valence-electron chi connectivity index (χ2n) is 6.54. The van der Waals surface area contributed by atoms with E-state index >= 15 is 0 Å². The van der Waals surface area contributed by atoms with Crippen LogP contribution in [0.1, 0.15) is 0 Å². The molecule has 0 unspecified atom stereocenters. The first-order valence-electron chi connectivity index (χ1n) is 7.73. The van der Waals surface area contributed by atoms with E-state index in [0.29, 0.717) is 25.0 Å². The van der Waals surface area contributed by atoms with Crippen LogP contribution in [0.5, 0.6) is 0 Å². The van der Waals surface area contributed by atoms with Gasteiger partial charge in [-0.1, -0.05) is 24.3 Å². The Balaban J connectivity index is 0.000000102. The van der Waals surface area contributed by atoms with Gasteiger partial charge >= 0.3 is 11.9 Å². The molecule has 0 aromatic heterocycles. The first-order chi connectivity index (χ1) is 10.7. The summed E-state index contributed by atoms with van der Waals surface area (Å²) in [6.45, 7) is 1.10. The standard InChI is InChI=1S/2C8H8O3/c2*9-8-7-4(3-10-8)5-1-2-6(7)11-5/h2*1-2,4-7H,3H2/t2*4-,5-,6+,7-/m10/s1. The Morgan fingerprint density at radius 1 is 0.682 bits per heavy atom. The van der Waals surface area contributed by atoms with Crippen molar-refractivity contribution in [2.45, 2.75) is 24.4 Å². The van der Waals surface area contributed by atoms with Crippen molar-refractivity contribution in [1.82, 2.24) is 0 Å². The number of fused-ring (bicyclic) bond motifs is 10.